The number of rotatable bonds is 5. The van der Waals surface area contributed by atoms with E-state index in [1.54, 1.807) is 0 Å². The van der Waals surface area contributed by atoms with Gasteiger partial charge in [0, 0.05) is 12.3 Å². The highest BCUT2D eigenvalue weighted by Crippen LogP contribution is 2.23. The molecule has 0 radical (unpaired) electrons. The van der Waals surface area contributed by atoms with Gasteiger partial charge in [-0.2, -0.15) is 0 Å². The molecule has 0 aromatic heterocycles. The first-order chi connectivity index (χ1) is 8.79. The summed E-state index contributed by atoms with van der Waals surface area (Å²) in [6.45, 7) is 2.16. The van der Waals surface area contributed by atoms with E-state index >= 15 is 0 Å². The Morgan fingerprint density at radius 1 is 1.28 bits per heavy atom. The second-order valence-electron chi connectivity index (χ2n) is 4.85. The topological polar surface area (TPSA) is 41.8 Å². The first-order valence-electron chi connectivity index (χ1n) is 6.74. The summed E-state index contributed by atoms with van der Waals surface area (Å²) >= 11 is 0. The molecule has 1 aliphatic heterocycles. The molecule has 0 spiro atoms. The van der Waals surface area contributed by atoms with Gasteiger partial charge in [0.25, 0.3) is 0 Å². The molecular weight excluding hydrogens is 226 g/mol. The predicted molar refractivity (Wildman–Crippen MR) is 72.3 cm³/mol. The molecule has 3 heteroatoms. The van der Waals surface area contributed by atoms with Crippen LogP contribution in [0, 0.1) is 5.92 Å². The highest BCUT2D eigenvalue weighted by Gasteiger charge is 2.25. The largest absolute Gasteiger partial charge is 0.364 e. The minimum Gasteiger partial charge on any atom is -0.364 e. The zero-order valence-corrected chi connectivity index (χ0v) is 10.9. The van der Waals surface area contributed by atoms with Crippen molar-refractivity contribution in [2.24, 2.45) is 11.1 Å². The summed E-state index contributed by atoms with van der Waals surface area (Å²) in [5.74, 6) is 0.377. The lowest BCUT2D eigenvalue weighted by atomic mass is 9.90. The van der Waals surface area contributed by atoms with Gasteiger partial charge in [-0.3, -0.25) is 0 Å². The molecule has 0 fully saturated rings. The number of hydrogen-bond donors (Lipinski definition) is 1. The van der Waals surface area contributed by atoms with Crippen LogP contribution in [0.25, 0.3) is 0 Å². The number of aliphatic hydroxyl groups is 1. The molecule has 1 N–H and O–H groups in total. The maximum absolute atomic E-state index is 9.48. The SMILES string of the molecule is CCC[C@@H]1CC(O)ON=C1CCc1ccccc1. The molecule has 1 unspecified atom stereocenters. The fourth-order valence-corrected chi connectivity index (χ4v) is 2.43. The van der Waals surface area contributed by atoms with Crippen molar-refractivity contribution in [1.29, 1.82) is 0 Å². The molecule has 0 bridgehead atoms. The smallest absolute Gasteiger partial charge is 0.224 e. The number of hydrogen-bond acceptors (Lipinski definition) is 3. The van der Waals surface area contributed by atoms with Crippen LogP contribution in [0.5, 0.6) is 0 Å². The van der Waals surface area contributed by atoms with Gasteiger partial charge in [0.05, 0.1) is 5.71 Å². The van der Waals surface area contributed by atoms with Gasteiger partial charge in [0.1, 0.15) is 0 Å². The van der Waals surface area contributed by atoms with Crippen LogP contribution in [0.4, 0.5) is 0 Å². The zero-order valence-electron chi connectivity index (χ0n) is 10.9. The Bertz CT molecular complexity index is 389. The van der Waals surface area contributed by atoms with Crippen molar-refractivity contribution in [3.05, 3.63) is 35.9 Å². The third-order valence-electron chi connectivity index (χ3n) is 3.40. The Labute approximate surface area is 108 Å². The van der Waals surface area contributed by atoms with Crippen molar-refractivity contribution in [1.82, 2.24) is 0 Å². The third-order valence-corrected chi connectivity index (χ3v) is 3.40. The van der Waals surface area contributed by atoms with Crippen molar-refractivity contribution in [2.75, 3.05) is 0 Å². The minimum absolute atomic E-state index is 0.377. The molecular formula is C15H21NO2. The Morgan fingerprint density at radius 2 is 2.06 bits per heavy atom. The lowest BCUT2D eigenvalue weighted by molar-refractivity contribution is -0.117. The van der Waals surface area contributed by atoms with Crippen molar-refractivity contribution in [3.63, 3.8) is 0 Å². The van der Waals surface area contributed by atoms with Crippen LogP contribution in [0.2, 0.25) is 0 Å². The van der Waals surface area contributed by atoms with Crippen molar-refractivity contribution >= 4 is 5.71 Å². The molecule has 1 heterocycles. The summed E-state index contributed by atoms with van der Waals surface area (Å²) < 4.78 is 0. The average Bonchev–Trinajstić information content (AvgIpc) is 2.39. The molecule has 0 saturated heterocycles. The van der Waals surface area contributed by atoms with Gasteiger partial charge in [-0.05, 0) is 24.8 Å². The molecule has 18 heavy (non-hydrogen) atoms. The van der Waals surface area contributed by atoms with Gasteiger partial charge in [0.2, 0.25) is 6.29 Å². The summed E-state index contributed by atoms with van der Waals surface area (Å²) in [4.78, 5) is 5.00. The minimum atomic E-state index is -0.720. The summed E-state index contributed by atoms with van der Waals surface area (Å²) in [5, 5.41) is 13.6. The normalized spacial score (nSPS) is 23.3. The molecule has 1 aromatic rings. The highest BCUT2D eigenvalue weighted by atomic mass is 16.7. The molecule has 1 aromatic carbocycles. The number of aliphatic hydroxyl groups excluding tert-OH is 1. The summed E-state index contributed by atoms with van der Waals surface area (Å²) in [6, 6.07) is 10.4. The molecule has 2 atom stereocenters. The summed E-state index contributed by atoms with van der Waals surface area (Å²) in [6.07, 6.45) is 4.06. The van der Waals surface area contributed by atoms with Gasteiger partial charge in [-0.15, -0.1) is 0 Å². The van der Waals surface area contributed by atoms with Crippen LogP contribution in [-0.4, -0.2) is 17.1 Å². The van der Waals surface area contributed by atoms with E-state index in [4.69, 9.17) is 4.84 Å². The zero-order chi connectivity index (χ0) is 12.8. The van der Waals surface area contributed by atoms with Crippen LogP contribution < -0.4 is 0 Å². The quantitative estimate of drug-likeness (QED) is 0.868. The number of nitrogens with zero attached hydrogens (tertiary/aromatic N) is 1. The van der Waals surface area contributed by atoms with E-state index in [0.717, 1.165) is 31.4 Å². The van der Waals surface area contributed by atoms with E-state index in [2.05, 4.69) is 36.3 Å². The molecule has 0 amide bonds. The molecule has 0 saturated carbocycles. The number of oxime groups is 1. The van der Waals surface area contributed by atoms with Gasteiger partial charge >= 0.3 is 0 Å². The van der Waals surface area contributed by atoms with Crippen LogP contribution >= 0.6 is 0 Å². The molecule has 3 nitrogen and oxygen atoms in total. The monoisotopic (exact) mass is 247 g/mol. The fourth-order valence-electron chi connectivity index (χ4n) is 2.43. The second kappa shape index (κ2) is 6.55. The van der Waals surface area contributed by atoms with E-state index in [1.165, 1.54) is 5.56 Å². The van der Waals surface area contributed by atoms with Crippen molar-refractivity contribution in [3.8, 4) is 0 Å². The molecule has 0 aliphatic carbocycles. The molecule has 1 aliphatic rings. The van der Waals surface area contributed by atoms with Crippen molar-refractivity contribution in [2.45, 2.75) is 45.3 Å². The van der Waals surface area contributed by atoms with E-state index < -0.39 is 6.29 Å². The molecule has 98 valence electrons. The van der Waals surface area contributed by atoms with E-state index in [-0.39, 0.29) is 0 Å². The predicted octanol–water partition coefficient (Wildman–Crippen LogP) is 3.13. The Balaban J connectivity index is 1.94. The van der Waals surface area contributed by atoms with E-state index in [9.17, 15) is 5.11 Å². The van der Waals surface area contributed by atoms with Crippen LogP contribution in [0.15, 0.2) is 35.5 Å². The number of benzene rings is 1. The first-order valence-corrected chi connectivity index (χ1v) is 6.74. The first kappa shape index (κ1) is 13.1. The van der Waals surface area contributed by atoms with Gasteiger partial charge in [-0.25, -0.2) is 0 Å². The van der Waals surface area contributed by atoms with Crippen LogP contribution in [0.3, 0.4) is 0 Å². The lowest BCUT2D eigenvalue weighted by Gasteiger charge is -2.25. The lowest BCUT2D eigenvalue weighted by Crippen LogP contribution is -2.28. The highest BCUT2D eigenvalue weighted by molar-refractivity contribution is 5.86. The van der Waals surface area contributed by atoms with Crippen LogP contribution in [0.1, 0.15) is 38.2 Å². The maximum Gasteiger partial charge on any atom is 0.224 e. The molecule has 2 rings (SSSR count). The Hall–Kier alpha value is -1.35. The Morgan fingerprint density at radius 3 is 2.78 bits per heavy atom. The standard InChI is InChI=1S/C15H21NO2/c1-2-6-13-11-15(17)18-16-14(13)10-9-12-7-4-3-5-8-12/h3-5,7-8,13,15,17H,2,6,9-11H2,1H3/t13-,15?/m1/s1. The fraction of sp³-hybridized carbons (Fsp3) is 0.533. The second-order valence-corrected chi connectivity index (χ2v) is 4.85. The van der Waals surface area contributed by atoms with E-state index in [0.29, 0.717) is 12.3 Å². The Kier molecular flexibility index (Phi) is 4.76. The van der Waals surface area contributed by atoms with Gasteiger partial charge < -0.3 is 9.94 Å². The van der Waals surface area contributed by atoms with E-state index in [1.807, 2.05) is 6.07 Å². The van der Waals surface area contributed by atoms with Crippen LogP contribution in [-0.2, 0) is 11.3 Å². The van der Waals surface area contributed by atoms with Gasteiger partial charge in [0.15, 0.2) is 0 Å². The van der Waals surface area contributed by atoms with Crippen molar-refractivity contribution < 1.29 is 9.94 Å². The summed E-state index contributed by atoms with van der Waals surface area (Å²) in [5.41, 5.74) is 2.42. The maximum atomic E-state index is 9.48. The average molecular weight is 247 g/mol. The van der Waals surface area contributed by atoms with Gasteiger partial charge in [-0.1, -0.05) is 48.8 Å². The summed E-state index contributed by atoms with van der Waals surface area (Å²) in [7, 11) is 0. The number of aryl methyl sites for hydroxylation is 1. The third kappa shape index (κ3) is 3.57.